The Morgan fingerprint density at radius 3 is 2.64 bits per heavy atom. The van der Waals surface area contributed by atoms with E-state index in [9.17, 15) is 4.79 Å². The summed E-state index contributed by atoms with van der Waals surface area (Å²) in [5, 5.41) is 11.8. The van der Waals surface area contributed by atoms with E-state index in [1.165, 1.54) is 11.3 Å². The molecule has 2 N–H and O–H groups in total. The van der Waals surface area contributed by atoms with Crippen molar-refractivity contribution >= 4 is 28.8 Å². The lowest BCUT2D eigenvalue weighted by Gasteiger charge is -2.18. The lowest BCUT2D eigenvalue weighted by molar-refractivity contribution is 0.0277. The topological polar surface area (TPSA) is 58.6 Å². The van der Waals surface area contributed by atoms with Crippen LogP contribution in [0.15, 0.2) is 36.4 Å². The third-order valence-corrected chi connectivity index (χ3v) is 4.33. The van der Waals surface area contributed by atoms with Gasteiger partial charge in [0.05, 0.1) is 28.5 Å². The van der Waals surface area contributed by atoms with E-state index < -0.39 is 0 Å². The average molecular weight is 340 g/mol. The van der Waals surface area contributed by atoms with E-state index in [1.807, 2.05) is 31.2 Å². The van der Waals surface area contributed by atoms with Gasteiger partial charge in [-0.3, -0.25) is 4.79 Å². The van der Waals surface area contributed by atoms with E-state index in [2.05, 4.69) is 5.32 Å². The van der Waals surface area contributed by atoms with Gasteiger partial charge in [-0.05, 0) is 24.6 Å². The predicted octanol–water partition coefficient (Wildman–Crippen LogP) is 3.19. The van der Waals surface area contributed by atoms with Crippen LogP contribution in [0.1, 0.15) is 26.9 Å². The lowest BCUT2D eigenvalue weighted by atomic mass is 10.1. The van der Waals surface area contributed by atoms with Crippen molar-refractivity contribution < 1.29 is 14.6 Å². The molecule has 0 bridgehead atoms. The standard InChI is InChI=1S/C16H18ClNO3S/c1-11-2-4-12(5-3-11)13(21-9-8-19)10-18-16(20)14-6-7-15(17)22-14/h2-7,13,19H,8-10H2,1H3,(H,18,20)/t13-/m0/s1. The Bertz CT molecular complexity index is 612. The van der Waals surface area contributed by atoms with Gasteiger partial charge in [0.15, 0.2) is 0 Å². The fourth-order valence-electron chi connectivity index (χ4n) is 1.96. The molecule has 1 heterocycles. The second kappa shape index (κ2) is 8.29. The molecular weight excluding hydrogens is 322 g/mol. The largest absolute Gasteiger partial charge is 0.394 e. The van der Waals surface area contributed by atoms with Gasteiger partial charge in [-0.25, -0.2) is 0 Å². The van der Waals surface area contributed by atoms with Crippen LogP contribution >= 0.6 is 22.9 Å². The van der Waals surface area contributed by atoms with Gasteiger partial charge in [0.1, 0.15) is 0 Å². The summed E-state index contributed by atoms with van der Waals surface area (Å²) in [6.45, 7) is 2.50. The molecule has 0 spiro atoms. The first-order chi connectivity index (χ1) is 10.6. The molecule has 1 aromatic carbocycles. The first-order valence-electron chi connectivity index (χ1n) is 6.92. The minimum absolute atomic E-state index is 0.0587. The minimum Gasteiger partial charge on any atom is -0.394 e. The molecule has 4 nitrogen and oxygen atoms in total. The number of aryl methyl sites for hydroxylation is 1. The van der Waals surface area contributed by atoms with Crippen LogP contribution in [0.2, 0.25) is 4.34 Å². The third-order valence-electron chi connectivity index (χ3n) is 3.10. The summed E-state index contributed by atoms with van der Waals surface area (Å²) < 4.78 is 6.20. The number of benzene rings is 1. The van der Waals surface area contributed by atoms with Crippen LogP contribution in [0.5, 0.6) is 0 Å². The molecule has 0 saturated heterocycles. The zero-order valence-electron chi connectivity index (χ0n) is 12.2. The van der Waals surface area contributed by atoms with Crippen molar-refractivity contribution in [3.05, 3.63) is 56.7 Å². The van der Waals surface area contributed by atoms with Crippen LogP contribution < -0.4 is 5.32 Å². The Labute approximate surface area is 138 Å². The summed E-state index contributed by atoms with van der Waals surface area (Å²) in [5.41, 5.74) is 2.12. The molecule has 0 aliphatic rings. The molecule has 2 aromatic rings. The number of thiophene rings is 1. The minimum atomic E-state index is -0.299. The molecule has 1 aromatic heterocycles. The maximum atomic E-state index is 12.1. The van der Waals surface area contributed by atoms with Gasteiger partial charge in [0, 0.05) is 6.54 Å². The Kier molecular flexibility index (Phi) is 6.39. The van der Waals surface area contributed by atoms with E-state index in [0.29, 0.717) is 15.8 Å². The number of hydrogen-bond donors (Lipinski definition) is 2. The van der Waals surface area contributed by atoms with Crippen molar-refractivity contribution in [1.82, 2.24) is 5.32 Å². The molecule has 0 saturated carbocycles. The van der Waals surface area contributed by atoms with Crippen LogP contribution in [0.4, 0.5) is 0 Å². The fourth-order valence-corrected chi connectivity index (χ4v) is 2.92. The van der Waals surface area contributed by atoms with Crippen molar-refractivity contribution in [1.29, 1.82) is 0 Å². The van der Waals surface area contributed by atoms with Gasteiger partial charge < -0.3 is 15.2 Å². The number of amides is 1. The second-order valence-electron chi connectivity index (χ2n) is 4.81. The highest BCUT2D eigenvalue weighted by molar-refractivity contribution is 7.17. The molecule has 0 fully saturated rings. The molecule has 0 aliphatic heterocycles. The predicted molar refractivity (Wildman–Crippen MR) is 88.6 cm³/mol. The van der Waals surface area contributed by atoms with Crippen molar-refractivity contribution in [2.45, 2.75) is 13.0 Å². The van der Waals surface area contributed by atoms with Gasteiger partial charge >= 0.3 is 0 Å². The van der Waals surface area contributed by atoms with Gasteiger partial charge in [-0.2, -0.15) is 0 Å². The van der Waals surface area contributed by atoms with Crippen LogP contribution in [0.3, 0.4) is 0 Å². The Morgan fingerprint density at radius 2 is 2.05 bits per heavy atom. The number of carbonyl (C=O) groups excluding carboxylic acids is 1. The van der Waals surface area contributed by atoms with E-state index in [0.717, 1.165) is 11.1 Å². The molecule has 1 atom stereocenters. The third kappa shape index (κ3) is 4.81. The number of nitrogens with one attached hydrogen (secondary N) is 1. The zero-order valence-corrected chi connectivity index (χ0v) is 13.8. The number of carbonyl (C=O) groups is 1. The smallest absolute Gasteiger partial charge is 0.261 e. The van der Waals surface area contributed by atoms with E-state index in [-0.39, 0.29) is 25.2 Å². The van der Waals surface area contributed by atoms with Gasteiger partial charge in [-0.15, -0.1) is 11.3 Å². The Hall–Kier alpha value is -1.40. The average Bonchev–Trinajstić information content (AvgIpc) is 2.95. The highest BCUT2D eigenvalue weighted by Crippen LogP contribution is 2.22. The number of aliphatic hydroxyl groups is 1. The molecule has 118 valence electrons. The van der Waals surface area contributed by atoms with Gasteiger partial charge in [0.2, 0.25) is 0 Å². The molecule has 0 unspecified atom stereocenters. The molecule has 6 heteroatoms. The quantitative estimate of drug-likeness (QED) is 0.814. The number of hydrogen-bond acceptors (Lipinski definition) is 4. The Morgan fingerprint density at radius 1 is 1.32 bits per heavy atom. The SMILES string of the molecule is Cc1ccc([C@H](CNC(=O)c2ccc(Cl)s2)OCCO)cc1. The lowest BCUT2D eigenvalue weighted by Crippen LogP contribution is -2.29. The second-order valence-corrected chi connectivity index (χ2v) is 6.52. The van der Waals surface area contributed by atoms with Crippen molar-refractivity contribution in [3.8, 4) is 0 Å². The van der Waals surface area contributed by atoms with Crippen molar-refractivity contribution in [3.63, 3.8) is 0 Å². The number of ether oxygens (including phenoxy) is 1. The monoisotopic (exact) mass is 339 g/mol. The summed E-state index contributed by atoms with van der Waals surface area (Å²) in [6, 6.07) is 11.3. The number of aliphatic hydroxyl groups excluding tert-OH is 1. The highest BCUT2D eigenvalue weighted by atomic mass is 35.5. The van der Waals surface area contributed by atoms with E-state index >= 15 is 0 Å². The van der Waals surface area contributed by atoms with Gasteiger partial charge in [0.25, 0.3) is 5.91 Å². The molecule has 0 radical (unpaired) electrons. The first-order valence-corrected chi connectivity index (χ1v) is 8.12. The Balaban J connectivity index is 2.00. The summed E-state index contributed by atoms with van der Waals surface area (Å²) in [5.74, 6) is -0.179. The van der Waals surface area contributed by atoms with Crippen LogP contribution in [-0.2, 0) is 4.74 Å². The maximum absolute atomic E-state index is 12.1. The van der Waals surface area contributed by atoms with Crippen molar-refractivity contribution in [2.24, 2.45) is 0 Å². The normalized spacial score (nSPS) is 12.1. The van der Waals surface area contributed by atoms with Crippen molar-refractivity contribution in [2.75, 3.05) is 19.8 Å². The van der Waals surface area contributed by atoms with Crippen LogP contribution in [0.25, 0.3) is 0 Å². The summed E-state index contributed by atoms with van der Waals surface area (Å²) in [4.78, 5) is 12.6. The summed E-state index contributed by atoms with van der Waals surface area (Å²) in [6.07, 6.45) is -0.299. The van der Waals surface area contributed by atoms with E-state index in [1.54, 1.807) is 12.1 Å². The highest BCUT2D eigenvalue weighted by Gasteiger charge is 2.15. The maximum Gasteiger partial charge on any atom is 0.261 e. The van der Waals surface area contributed by atoms with E-state index in [4.69, 9.17) is 21.4 Å². The zero-order chi connectivity index (χ0) is 15.9. The van der Waals surface area contributed by atoms with Crippen LogP contribution in [0, 0.1) is 6.92 Å². The number of rotatable bonds is 7. The summed E-state index contributed by atoms with van der Waals surface area (Å²) in [7, 11) is 0. The summed E-state index contributed by atoms with van der Waals surface area (Å²) >= 11 is 7.07. The van der Waals surface area contributed by atoms with Crippen LogP contribution in [-0.4, -0.2) is 30.8 Å². The molecule has 1 amide bonds. The molecule has 0 aliphatic carbocycles. The molecule has 22 heavy (non-hydrogen) atoms. The van der Waals surface area contributed by atoms with Gasteiger partial charge in [-0.1, -0.05) is 41.4 Å². The molecule has 2 rings (SSSR count). The number of halogens is 1. The fraction of sp³-hybridized carbons (Fsp3) is 0.312. The first kappa shape index (κ1) is 17.0. The molecular formula is C16H18ClNO3S.